The van der Waals surface area contributed by atoms with Gasteiger partial charge in [0.25, 0.3) is 5.91 Å². The highest BCUT2D eigenvalue weighted by atomic mass is 32.1. The molecule has 2 aliphatic heterocycles. The molecule has 0 spiro atoms. The third-order valence-electron chi connectivity index (χ3n) is 5.51. The van der Waals surface area contributed by atoms with Crippen molar-refractivity contribution in [1.82, 2.24) is 20.0 Å². The van der Waals surface area contributed by atoms with Gasteiger partial charge in [0.05, 0.1) is 16.3 Å². The van der Waals surface area contributed by atoms with Crippen molar-refractivity contribution < 1.29 is 4.79 Å². The predicted molar refractivity (Wildman–Crippen MR) is 107 cm³/mol. The Bertz CT molecular complexity index is 935. The number of hydrogen-bond donors (Lipinski definition) is 1. The molecule has 2 bridgehead atoms. The van der Waals surface area contributed by atoms with Gasteiger partial charge in [0.1, 0.15) is 0 Å². The molecule has 0 saturated carbocycles. The molecule has 2 saturated heterocycles. The van der Waals surface area contributed by atoms with Crippen molar-refractivity contribution in [1.29, 1.82) is 0 Å². The minimum Gasteiger partial charge on any atom is -0.336 e. The van der Waals surface area contributed by atoms with Crippen molar-refractivity contribution in [3.8, 4) is 16.3 Å². The van der Waals surface area contributed by atoms with E-state index in [2.05, 4.69) is 16.8 Å². The minimum absolute atomic E-state index is 0.0387. The number of rotatable bonds is 3. The lowest BCUT2D eigenvalue weighted by Crippen LogP contribution is -2.39. The molecule has 2 fully saturated rings. The molecule has 27 heavy (non-hydrogen) atoms. The first-order valence-corrected chi connectivity index (χ1v) is 10.4. The first kappa shape index (κ1) is 16.7. The monoisotopic (exact) mass is 378 g/mol. The van der Waals surface area contributed by atoms with E-state index in [9.17, 15) is 4.79 Å². The summed E-state index contributed by atoms with van der Waals surface area (Å²) in [4.78, 5) is 16.3. The van der Waals surface area contributed by atoms with Crippen LogP contribution in [0.2, 0.25) is 0 Å². The molecule has 0 aliphatic carbocycles. The van der Waals surface area contributed by atoms with E-state index in [1.165, 1.54) is 6.42 Å². The van der Waals surface area contributed by atoms with E-state index in [1.54, 1.807) is 11.3 Å². The predicted octanol–water partition coefficient (Wildman–Crippen LogP) is 3.57. The molecule has 6 heteroatoms. The van der Waals surface area contributed by atoms with Crippen molar-refractivity contribution in [2.24, 2.45) is 0 Å². The average Bonchev–Trinajstić information content (AvgIpc) is 3.41. The van der Waals surface area contributed by atoms with E-state index in [1.807, 2.05) is 52.0 Å². The highest BCUT2D eigenvalue weighted by Crippen LogP contribution is 2.29. The third kappa shape index (κ3) is 3.19. The number of likely N-dealkylation sites (tertiary alicyclic amines) is 1. The van der Waals surface area contributed by atoms with Gasteiger partial charge >= 0.3 is 0 Å². The summed E-state index contributed by atoms with van der Waals surface area (Å²) in [6, 6.07) is 17.1. The summed E-state index contributed by atoms with van der Waals surface area (Å²) in [5.74, 6) is 0.0387. The van der Waals surface area contributed by atoms with Crippen LogP contribution in [-0.4, -0.2) is 45.8 Å². The average molecular weight is 379 g/mol. The number of hydrogen-bond acceptors (Lipinski definition) is 4. The molecule has 3 aromatic rings. The van der Waals surface area contributed by atoms with Gasteiger partial charge in [-0.05, 0) is 48.9 Å². The molecular formula is C21H22N4OS. The third-order valence-corrected chi connectivity index (χ3v) is 6.41. The number of para-hydroxylation sites is 1. The van der Waals surface area contributed by atoms with Gasteiger partial charge in [-0.15, -0.1) is 11.3 Å². The SMILES string of the molecule is O=C(c1cc(-c2cccs2)n(-c2ccccc2)n1)N1CCC2CCC(C1)N2. The van der Waals surface area contributed by atoms with Crippen LogP contribution in [0.4, 0.5) is 0 Å². The lowest BCUT2D eigenvalue weighted by atomic mass is 10.1. The number of amides is 1. The number of fused-ring (bicyclic) bond motifs is 2. The molecule has 138 valence electrons. The van der Waals surface area contributed by atoms with Crippen LogP contribution < -0.4 is 5.32 Å². The second kappa shape index (κ2) is 6.94. The van der Waals surface area contributed by atoms with E-state index in [0.717, 1.165) is 42.2 Å². The van der Waals surface area contributed by atoms with Gasteiger partial charge in [0.2, 0.25) is 0 Å². The Kier molecular flexibility index (Phi) is 4.30. The Morgan fingerprint density at radius 2 is 1.93 bits per heavy atom. The number of nitrogens with one attached hydrogen (secondary N) is 1. The number of carbonyl (C=O) groups is 1. The zero-order valence-electron chi connectivity index (χ0n) is 15.0. The van der Waals surface area contributed by atoms with Crippen molar-refractivity contribution in [2.75, 3.05) is 13.1 Å². The maximum Gasteiger partial charge on any atom is 0.274 e. The Hall–Kier alpha value is -2.44. The molecule has 2 atom stereocenters. The molecule has 5 rings (SSSR count). The fraction of sp³-hybridized carbons (Fsp3) is 0.333. The highest BCUT2D eigenvalue weighted by molar-refractivity contribution is 7.13. The first-order chi connectivity index (χ1) is 13.3. The number of nitrogens with zero attached hydrogens (tertiary/aromatic N) is 3. The normalized spacial score (nSPS) is 22.0. The maximum absolute atomic E-state index is 13.2. The molecule has 1 aromatic carbocycles. The lowest BCUT2D eigenvalue weighted by Gasteiger charge is -2.23. The standard InChI is InChI=1S/C21H22N4OS/c26-21(24-11-10-15-8-9-16(14-24)22-15)18-13-19(20-7-4-12-27-20)25(23-18)17-5-2-1-3-6-17/h1-7,12-13,15-16,22H,8-11,14H2. The molecule has 1 N–H and O–H groups in total. The van der Waals surface area contributed by atoms with Crippen molar-refractivity contribution in [2.45, 2.75) is 31.3 Å². The molecule has 1 amide bonds. The van der Waals surface area contributed by atoms with Crippen LogP contribution in [0.5, 0.6) is 0 Å². The molecule has 2 aromatic heterocycles. The zero-order valence-corrected chi connectivity index (χ0v) is 15.9. The fourth-order valence-electron chi connectivity index (χ4n) is 4.14. The van der Waals surface area contributed by atoms with Crippen LogP contribution in [0, 0.1) is 0 Å². The van der Waals surface area contributed by atoms with Crippen molar-refractivity contribution >= 4 is 17.2 Å². The van der Waals surface area contributed by atoms with Crippen LogP contribution >= 0.6 is 11.3 Å². The molecule has 0 radical (unpaired) electrons. The maximum atomic E-state index is 13.2. The van der Waals surface area contributed by atoms with E-state index in [0.29, 0.717) is 17.8 Å². The number of benzene rings is 1. The fourth-order valence-corrected chi connectivity index (χ4v) is 4.87. The Morgan fingerprint density at radius 1 is 1.07 bits per heavy atom. The zero-order chi connectivity index (χ0) is 18.2. The van der Waals surface area contributed by atoms with Crippen LogP contribution in [0.15, 0.2) is 53.9 Å². The van der Waals surface area contributed by atoms with Gasteiger partial charge in [-0.2, -0.15) is 5.10 Å². The van der Waals surface area contributed by atoms with Gasteiger partial charge < -0.3 is 10.2 Å². The van der Waals surface area contributed by atoms with Gasteiger partial charge in [0, 0.05) is 25.2 Å². The van der Waals surface area contributed by atoms with Gasteiger partial charge in [-0.3, -0.25) is 4.79 Å². The van der Waals surface area contributed by atoms with E-state index < -0.39 is 0 Å². The van der Waals surface area contributed by atoms with Crippen LogP contribution in [-0.2, 0) is 0 Å². The van der Waals surface area contributed by atoms with E-state index in [-0.39, 0.29) is 5.91 Å². The van der Waals surface area contributed by atoms with Crippen molar-refractivity contribution in [3.05, 3.63) is 59.6 Å². The summed E-state index contributed by atoms with van der Waals surface area (Å²) >= 11 is 1.66. The van der Waals surface area contributed by atoms with Crippen LogP contribution in [0.1, 0.15) is 29.8 Å². The second-order valence-corrected chi connectivity index (χ2v) is 8.26. The second-order valence-electron chi connectivity index (χ2n) is 7.32. The van der Waals surface area contributed by atoms with Gasteiger partial charge in [-0.1, -0.05) is 24.3 Å². The largest absolute Gasteiger partial charge is 0.336 e. The summed E-state index contributed by atoms with van der Waals surface area (Å²) in [5, 5.41) is 10.4. The molecule has 4 heterocycles. The van der Waals surface area contributed by atoms with Crippen molar-refractivity contribution in [3.63, 3.8) is 0 Å². The number of thiophene rings is 1. The summed E-state index contributed by atoms with van der Waals surface area (Å²) < 4.78 is 1.89. The van der Waals surface area contributed by atoms with Crippen LogP contribution in [0.3, 0.4) is 0 Å². The first-order valence-electron chi connectivity index (χ1n) is 9.52. The molecule has 5 nitrogen and oxygen atoms in total. The summed E-state index contributed by atoms with van der Waals surface area (Å²) in [6.07, 6.45) is 3.42. The van der Waals surface area contributed by atoms with Gasteiger partial charge in [-0.25, -0.2) is 4.68 Å². The Morgan fingerprint density at radius 3 is 2.74 bits per heavy atom. The minimum atomic E-state index is 0.0387. The molecule has 2 aliphatic rings. The highest BCUT2D eigenvalue weighted by Gasteiger charge is 2.32. The topological polar surface area (TPSA) is 50.2 Å². The Labute approximate surface area is 162 Å². The summed E-state index contributed by atoms with van der Waals surface area (Å²) in [5.41, 5.74) is 2.46. The van der Waals surface area contributed by atoms with E-state index >= 15 is 0 Å². The smallest absolute Gasteiger partial charge is 0.274 e. The van der Waals surface area contributed by atoms with Crippen LogP contribution in [0.25, 0.3) is 16.3 Å². The summed E-state index contributed by atoms with van der Waals surface area (Å²) in [6.45, 7) is 1.58. The molecular weight excluding hydrogens is 356 g/mol. The van der Waals surface area contributed by atoms with E-state index in [4.69, 9.17) is 5.10 Å². The Balaban J connectivity index is 1.50. The number of aromatic nitrogens is 2. The molecule has 2 unspecified atom stereocenters. The summed E-state index contributed by atoms with van der Waals surface area (Å²) in [7, 11) is 0. The van der Waals surface area contributed by atoms with Gasteiger partial charge in [0.15, 0.2) is 5.69 Å². The lowest BCUT2D eigenvalue weighted by molar-refractivity contribution is 0.0742. The quantitative estimate of drug-likeness (QED) is 0.758. The number of carbonyl (C=O) groups excluding carboxylic acids is 1.